The van der Waals surface area contributed by atoms with Gasteiger partial charge in [-0.15, -0.1) is 0 Å². The second-order valence-corrected chi connectivity index (χ2v) is 5.85. The minimum atomic E-state index is -1.17. The van der Waals surface area contributed by atoms with Crippen LogP contribution in [0, 0.1) is 0 Å². The molecule has 0 aromatic rings. The molecule has 2 heterocycles. The van der Waals surface area contributed by atoms with Crippen LogP contribution in [0.25, 0.3) is 0 Å². The van der Waals surface area contributed by atoms with Crippen molar-refractivity contribution in [2.24, 2.45) is 5.73 Å². The fourth-order valence-corrected chi connectivity index (χ4v) is 2.19. The SMILES string of the molecule is N[C@@H](CCC(=O)O)C(=O)O.O=C(O)[C@@H]1CCCN1.O=C(O)[C@@H]1CCCN1. The molecule has 11 heteroatoms. The molecule has 0 spiro atoms. The van der Waals surface area contributed by atoms with Gasteiger partial charge in [-0.05, 0) is 45.2 Å². The lowest BCUT2D eigenvalue weighted by Gasteiger charge is -2.01. The Labute approximate surface area is 150 Å². The standard InChI is InChI=1S/C5H9NO4.2C5H9NO2/c6-3(5(9)10)1-2-4(7)8;2*7-5(8)4-2-1-3-6-4/h3H,1-2,6H2,(H,7,8)(H,9,10);2*4,6H,1-3H2,(H,7,8)/t3-;2*4-/m000/s1. The number of carboxylic acid groups (broad SMARTS) is 4. The van der Waals surface area contributed by atoms with E-state index in [9.17, 15) is 19.2 Å². The van der Waals surface area contributed by atoms with E-state index >= 15 is 0 Å². The molecule has 2 rings (SSSR count). The lowest BCUT2D eigenvalue weighted by atomic mass is 10.2. The second-order valence-electron chi connectivity index (χ2n) is 5.85. The molecule has 2 aliphatic heterocycles. The van der Waals surface area contributed by atoms with E-state index in [1.54, 1.807) is 0 Å². The molecule has 0 unspecified atom stereocenters. The average Bonchev–Trinajstić information content (AvgIpc) is 3.26. The number of rotatable bonds is 6. The summed E-state index contributed by atoms with van der Waals surface area (Å²) in [5, 5.41) is 38.7. The summed E-state index contributed by atoms with van der Waals surface area (Å²) >= 11 is 0. The summed E-state index contributed by atoms with van der Waals surface area (Å²) in [5.74, 6) is -3.64. The number of hydrogen-bond donors (Lipinski definition) is 7. The third kappa shape index (κ3) is 11.3. The molecule has 26 heavy (non-hydrogen) atoms. The summed E-state index contributed by atoms with van der Waals surface area (Å²) in [6.45, 7) is 1.72. The Kier molecular flexibility index (Phi) is 11.9. The van der Waals surface area contributed by atoms with Gasteiger partial charge < -0.3 is 36.8 Å². The van der Waals surface area contributed by atoms with Crippen LogP contribution in [0.4, 0.5) is 0 Å². The number of hydrogen-bond acceptors (Lipinski definition) is 7. The Bertz CT molecular complexity index is 448. The Morgan fingerprint density at radius 3 is 1.50 bits per heavy atom. The van der Waals surface area contributed by atoms with Crippen molar-refractivity contribution in [1.29, 1.82) is 0 Å². The molecule has 11 nitrogen and oxygen atoms in total. The van der Waals surface area contributed by atoms with E-state index in [0.29, 0.717) is 0 Å². The number of carboxylic acids is 4. The van der Waals surface area contributed by atoms with Gasteiger partial charge in [0.1, 0.15) is 18.1 Å². The van der Waals surface area contributed by atoms with Gasteiger partial charge in [-0.1, -0.05) is 0 Å². The molecular weight excluding hydrogens is 350 g/mol. The number of aliphatic carboxylic acids is 4. The molecule has 3 atom stereocenters. The minimum absolute atomic E-state index is 0.0231. The highest BCUT2D eigenvalue weighted by molar-refractivity contribution is 5.75. The molecule has 0 saturated carbocycles. The summed E-state index contributed by atoms with van der Waals surface area (Å²) in [5.41, 5.74) is 5.00. The van der Waals surface area contributed by atoms with E-state index in [4.69, 9.17) is 26.2 Å². The molecule has 0 aromatic heterocycles. The zero-order valence-electron chi connectivity index (χ0n) is 14.4. The maximum absolute atomic E-state index is 10.1. The van der Waals surface area contributed by atoms with Crippen molar-refractivity contribution in [1.82, 2.24) is 10.6 Å². The van der Waals surface area contributed by atoms with Gasteiger partial charge in [0.25, 0.3) is 0 Å². The molecule has 0 amide bonds. The van der Waals surface area contributed by atoms with E-state index in [-0.39, 0.29) is 24.9 Å². The predicted molar refractivity (Wildman–Crippen MR) is 89.8 cm³/mol. The van der Waals surface area contributed by atoms with Crippen LogP contribution < -0.4 is 16.4 Å². The summed E-state index contributed by atoms with van der Waals surface area (Å²) in [6, 6.07) is -1.60. The molecule has 150 valence electrons. The third-order valence-electron chi connectivity index (χ3n) is 3.70. The van der Waals surface area contributed by atoms with Crippen LogP contribution in [0.3, 0.4) is 0 Å². The highest BCUT2D eigenvalue weighted by Gasteiger charge is 2.20. The summed E-state index contributed by atoms with van der Waals surface area (Å²) in [6.07, 6.45) is 3.34. The molecule has 2 saturated heterocycles. The second kappa shape index (κ2) is 13.0. The quantitative estimate of drug-likeness (QED) is 0.296. The van der Waals surface area contributed by atoms with Crippen LogP contribution >= 0.6 is 0 Å². The van der Waals surface area contributed by atoms with Crippen LogP contribution in [0.5, 0.6) is 0 Å². The number of nitrogens with two attached hydrogens (primary N) is 1. The van der Waals surface area contributed by atoms with Crippen LogP contribution in [-0.2, 0) is 19.2 Å². The molecule has 0 aromatic carbocycles. The molecule has 0 aliphatic carbocycles. The molecule has 0 bridgehead atoms. The highest BCUT2D eigenvalue weighted by Crippen LogP contribution is 2.04. The van der Waals surface area contributed by atoms with E-state index < -0.39 is 29.9 Å². The Morgan fingerprint density at radius 1 is 0.885 bits per heavy atom. The van der Waals surface area contributed by atoms with Gasteiger partial charge in [0, 0.05) is 6.42 Å². The summed E-state index contributed by atoms with van der Waals surface area (Å²) in [4.78, 5) is 40.1. The fourth-order valence-electron chi connectivity index (χ4n) is 2.19. The van der Waals surface area contributed by atoms with Crippen molar-refractivity contribution >= 4 is 23.9 Å². The first kappa shape index (κ1) is 23.8. The molecule has 2 fully saturated rings. The Morgan fingerprint density at radius 2 is 1.31 bits per heavy atom. The molecule has 0 radical (unpaired) electrons. The van der Waals surface area contributed by atoms with E-state index in [2.05, 4.69) is 10.6 Å². The predicted octanol–water partition coefficient (Wildman–Crippen LogP) is -1.09. The van der Waals surface area contributed by atoms with Crippen molar-refractivity contribution < 1.29 is 39.6 Å². The van der Waals surface area contributed by atoms with Gasteiger partial charge in [-0.3, -0.25) is 19.2 Å². The van der Waals surface area contributed by atoms with Gasteiger partial charge in [0.2, 0.25) is 0 Å². The topological polar surface area (TPSA) is 199 Å². The van der Waals surface area contributed by atoms with Crippen molar-refractivity contribution in [2.75, 3.05) is 13.1 Å². The zero-order chi connectivity index (χ0) is 20.1. The monoisotopic (exact) mass is 377 g/mol. The molecule has 2 aliphatic rings. The van der Waals surface area contributed by atoms with E-state index in [1.807, 2.05) is 0 Å². The van der Waals surface area contributed by atoms with Gasteiger partial charge >= 0.3 is 23.9 Å². The van der Waals surface area contributed by atoms with Crippen LogP contribution in [0.2, 0.25) is 0 Å². The zero-order valence-corrected chi connectivity index (χ0v) is 14.4. The van der Waals surface area contributed by atoms with Crippen LogP contribution in [0.15, 0.2) is 0 Å². The van der Waals surface area contributed by atoms with E-state index in [1.165, 1.54) is 0 Å². The van der Waals surface area contributed by atoms with Gasteiger partial charge in [-0.25, -0.2) is 0 Å². The maximum Gasteiger partial charge on any atom is 0.320 e. The van der Waals surface area contributed by atoms with Crippen molar-refractivity contribution in [2.45, 2.75) is 56.7 Å². The number of nitrogens with one attached hydrogen (secondary N) is 2. The normalized spacial score (nSPS) is 22.2. The Hall–Kier alpha value is -2.24. The van der Waals surface area contributed by atoms with Crippen LogP contribution in [0.1, 0.15) is 38.5 Å². The van der Waals surface area contributed by atoms with E-state index in [0.717, 1.165) is 38.8 Å². The van der Waals surface area contributed by atoms with Crippen molar-refractivity contribution in [3.63, 3.8) is 0 Å². The maximum atomic E-state index is 10.1. The summed E-state index contributed by atoms with van der Waals surface area (Å²) < 4.78 is 0. The lowest BCUT2D eigenvalue weighted by Crippen LogP contribution is -2.30. The third-order valence-corrected chi connectivity index (χ3v) is 3.70. The first-order valence-corrected chi connectivity index (χ1v) is 8.27. The Balaban J connectivity index is 0.000000363. The van der Waals surface area contributed by atoms with Crippen molar-refractivity contribution in [3.05, 3.63) is 0 Å². The average molecular weight is 377 g/mol. The van der Waals surface area contributed by atoms with Gasteiger partial charge in [0.15, 0.2) is 0 Å². The first-order valence-electron chi connectivity index (χ1n) is 8.27. The minimum Gasteiger partial charge on any atom is -0.481 e. The fraction of sp³-hybridized carbons (Fsp3) is 0.733. The molecule has 8 N–H and O–H groups in total. The largest absolute Gasteiger partial charge is 0.481 e. The van der Waals surface area contributed by atoms with Gasteiger partial charge in [-0.2, -0.15) is 0 Å². The summed E-state index contributed by atoms with van der Waals surface area (Å²) in [7, 11) is 0. The molecular formula is C15H27N3O8. The van der Waals surface area contributed by atoms with Crippen molar-refractivity contribution in [3.8, 4) is 0 Å². The smallest absolute Gasteiger partial charge is 0.320 e. The van der Waals surface area contributed by atoms with Crippen LogP contribution in [-0.4, -0.2) is 75.5 Å². The highest BCUT2D eigenvalue weighted by atomic mass is 16.4. The first-order chi connectivity index (χ1) is 12.1. The lowest BCUT2D eigenvalue weighted by molar-refractivity contribution is -0.141. The number of carbonyl (C=O) groups is 4. The van der Waals surface area contributed by atoms with Gasteiger partial charge in [0.05, 0.1) is 0 Å².